The van der Waals surface area contributed by atoms with Gasteiger partial charge < -0.3 is 10.3 Å². The van der Waals surface area contributed by atoms with Crippen LogP contribution in [0.25, 0.3) is 22.5 Å². The second-order valence-corrected chi connectivity index (χ2v) is 3.65. The lowest BCUT2D eigenvalue weighted by atomic mass is 10.2. The van der Waals surface area contributed by atoms with Crippen molar-refractivity contribution in [2.75, 3.05) is 0 Å². The maximum atomic E-state index is 7.57. The smallest absolute Gasteiger partial charge is 0.137 e. The van der Waals surface area contributed by atoms with Gasteiger partial charge in [-0.3, -0.25) is 0 Å². The molecule has 0 atom stereocenters. The molecule has 2 heterocycles. The molecule has 3 aromatic rings. The van der Waals surface area contributed by atoms with E-state index < -0.39 is 0 Å². The Hall–Kier alpha value is -2.29. The Morgan fingerprint density at radius 1 is 1.06 bits per heavy atom. The van der Waals surface area contributed by atoms with Gasteiger partial charge >= 0.3 is 0 Å². The van der Waals surface area contributed by atoms with Gasteiger partial charge in [0, 0.05) is 12.4 Å². The van der Waals surface area contributed by atoms with E-state index in [1.165, 1.54) is 0 Å². The van der Waals surface area contributed by atoms with Gasteiger partial charge in [-0.05, 0) is 29.7 Å². The molecule has 0 aliphatic carbocycles. The zero-order chi connectivity index (χ0) is 11.0. The van der Waals surface area contributed by atoms with Crippen molar-refractivity contribution in [3.8, 4) is 5.82 Å². The molecule has 0 saturated carbocycles. The third kappa shape index (κ3) is 1.34. The summed E-state index contributed by atoms with van der Waals surface area (Å²) in [7, 11) is 0. The highest BCUT2D eigenvalue weighted by Gasteiger charge is 2.02. The second kappa shape index (κ2) is 3.38. The largest absolute Gasteiger partial charge is 0.699 e. The number of pyridine rings is 1. The minimum absolute atomic E-state index is 0.534. The van der Waals surface area contributed by atoms with Crippen molar-refractivity contribution in [2.45, 2.75) is 0 Å². The number of hydrogen-bond donors (Lipinski definition) is 0. The van der Waals surface area contributed by atoms with E-state index in [-0.39, 0.29) is 0 Å². The van der Waals surface area contributed by atoms with Crippen molar-refractivity contribution < 1.29 is 0 Å². The van der Waals surface area contributed by atoms with Crippen molar-refractivity contribution in [1.29, 1.82) is 0 Å². The molecule has 3 rings (SSSR count). The molecule has 0 amide bonds. The molecule has 0 aliphatic heterocycles. The van der Waals surface area contributed by atoms with Gasteiger partial charge in [0.15, 0.2) is 0 Å². The van der Waals surface area contributed by atoms with Gasteiger partial charge in [-0.15, -0.1) is 5.69 Å². The van der Waals surface area contributed by atoms with Crippen LogP contribution in [0, 0.1) is 0 Å². The van der Waals surface area contributed by atoms with Crippen LogP contribution in [0.1, 0.15) is 0 Å². The maximum Gasteiger partial charge on any atom is 0.137 e. The average Bonchev–Trinajstić information content (AvgIpc) is 2.73. The monoisotopic (exact) mass is 208 g/mol. The van der Waals surface area contributed by atoms with E-state index in [9.17, 15) is 0 Å². The standard InChI is InChI=1S/C13H10N3/c14-11-4-5-12-10(9-11)6-8-16(12)13-3-1-2-7-15-13/h1-9,14H/q-1. The SMILES string of the molecule is [NH-]c1ccc2c(ccn2-c2ccccn2)c1. The third-order valence-corrected chi connectivity index (χ3v) is 2.59. The molecule has 0 saturated heterocycles. The molecule has 3 nitrogen and oxygen atoms in total. The lowest BCUT2D eigenvalue weighted by Crippen LogP contribution is -1.93. The first-order valence-corrected chi connectivity index (χ1v) is 5.09. The summed E-state index contributed by atoms with van der Waals surface area (Å²) in [4.78, 5) is 4.31. The fraction of sp³-hybridized carbons (Fsp3) is 0. The molecule has 0 aliphatic rings. The average molecular weight is 208 g/mol. The lowest BCUT2D eigenvalue weighted by Gasteiger charge is -2.06. The van der Waals surface area contributed by atoms with Crippen LogP contribution in [-0.4, -0.2) is 9.55 Å². The first-order chi connectivity index (χ1) is 7.84. The van der Waals surface area contributed by atoms with Gasteiger partial charge in [0.25, 0.3) is 0 Å². The van der Waals surface area contributed by atoms with Crippen LogP contribution in [0.2, 0.25) is 0 Å². The normalized spacial score (nSPS) is 10.8. The molecule has 0 unspecified atom stereocenters. The second-order valence-electron chi connectivity index (χ2n) is 3.65. The first kappa shape index (κ1) is 8.97. The summed E-state index contributed by atoms with van der Waals surface area (Å²) in [5.74, 6) is 0.898. The number of benzene rings is 1. The van der Waals surface area contributed by atoms with Crippen LogP contribution in [0.3, 0.4) is 0 Å². The number of rotatable bonds is 1. The van der Waals surface area contributed by atoms with Crippen LogP contribution in [0.15, 0.2) is 54.9 Å². The Labute approximate surface area is 93.1 Å². The summed E-state index contributed by atoms with van der Waals surface area (Å²) in [5, 5.41) is 1.07. The van der Waals surface area contributed by atoms with Gasteiger partial charge in [-0.25, -0.2) is 4.98 Å². The number of hydrogen-bond acceptors (Lipinski definition) is 1. The molecule has 0 spiro atoms. The Morgan fingerprint density at radius 2 is 2.00 bits per heavy atom. The van der Waals surface area contributed by atoms with Crippen LogP contribution in [0.4, 0.5) is 5.69 Å². The van der Waals surface area contributed by atoms with Crippen molar-refractivity contribution >= 4 is 16.6 Å². The molecular weight excluding hydrogens is 198 g/mol. The molecule has 78 valence electrons. The van der Waals surface area contributed by atoms with Gasteiger partial charge in [-0.2, -0.15) is 0 Å². The van der Waals surface area contributed by atoms with Gasteiger partial charge in [0.1, 0.15) is 5.82 Å². The summed E-state index contributed by atoms with van der Waals surface area (Å²) in [5.41, 5.74) is 9.18. The van der Waals surface area contributed by atoms with Crippen molar-refractivity contribution in [3.63, 3.8) is 0 Å². The molecule has 1 N–H and O–H groups in total. The van der Waals surface area contributed by atoms with E-state index in [0.717, 1.165) is 16.7 Å². The fourth-order valence-electron chi connectivity index (χ4n) is 1.84. The van der Waals surface area contributed by atoms with Crippen molar-refractivity contribution in [1.82, 2.24) is 9.55 Å². The highest BCUT2D eigenvalue weighted by molar-refractivity contribution is 5.85. The maximum absolute atomic E-state index is 7.57. The van der Waals surface area contributed by atoms with Crippen molar-refractivity contribution in [2.24, 2.45) is 0 Å². The molecule has 3 heteroatoms. The van der Waals surface area contributed by atoms with E-state index in [1.807, 2.05) is 47.2 Å². The third-order valence-electron chi connectivity index (χ3n) is 2.59. The number of fused-ring (bicyclic) bond motifs is 1. The van der Waals surface area contributed by atoms with Crippen LogP contribution < -0.4 is 0 Å². The Bertz CT molecular complexity index is 626. The molecule has 0 bridgehead atoms. The van der Waals surface area contributed by atoms with E-state index in [1.54, 1.807) is 12.3 Å². The van der Waals surface area contributed by atoms with Crippen LogP contribution in [-0.2, 0) is 0 Å². The van der Waals surface area contributed by atoms with Gasteiger partial charge in [-0.1, -0.05) is 18.2 Å². The Morgan fingerprint density at radius 3 is 2.81 bits per heavy atom. The zero-order valence-electron chi connectivity index (χ0n) is 8.59. The quantitative estimate of drug-likeness (QED) is 0.601. The summed E-state index contributed by atoms with van der Waals surface area (Å²) < 4.78 is 2.02. The highest BCUT2D eigenvalue weighted by Crippen LogP contribution is 2.23. The van der Waals surface area contributed by atoms with E-state index in [0.29, 0.717) is 5.69 Å². The molecule has 0 fully saturated rings. The number of nitrogens with one attached hydrogen (secondary N) is 1. The number of nitrogens with zero attached hydrogens (tertiary/aromatic N) is 2. The van der Waals surface area contributed by atoms with Crippen molar-refractivity contribution in [3.05, 3.63) is 60.6 Å². The molecular formula is C13H10N3-. The predicted octanol–water partition coefficient (Wildman–Crippen LogP) is 3.71. The summed E-state index contributed by atoms with van der Waals surface area (Å²) >= 11 is 0. The zero-order valence-corrected chi connectivity index (χ0v) is 8.59. The molecule has 2 aromatic heterocycles. The molecule has 0 radical (unpaired) electrons. The molecule has 1 aromatic carbocycles. The highest BCUT2D eigenvalue weighted by atomic mass is 15.0. The Kier molecular flexibility index (Phi) is 1.90. The summed E-state index contributed by atoms with van der Waals surface area (Å²) in [6.07, 6.45) is 3.76. The van der Waals surface area contributed by atoms with E-state index in [4.69, 9.17) is 5.73 Å². The van der Waals surface area contributed by atoms with Crippen LogP contribution >= 0.6 is 0 Å². The fourth-order valence-corrected chi connectivity index (χ4v) is 1.84. The topological polar surface area (TPSA) is 41.6 Å². The van der Waals surface area contributed by atoms with E-state index >= 15 is 0 Å². The van der Waals surface area contributed by atoms with E-state index in [2.05, 4.69) is 4.98 Å². The first-order valence-electron chi connectivity index (χ1n) is 5.09. The Balaban J connectivity index is 2.26. The minimum atomic E-state index is 0.534. The summed E-state index contributed by atoms with van der Waals surface area (Å²) in [6.45, 7) is 0. The number of aromatic nitrogens is 2. The van der Waals surface area contributed by atoms with Gasteiger partial charge in [0.2, 0.25) is 0 Å². The van der Waals surface area contributed by atoms with Gasteiger partial charge in [0.05, 0.1) is 5.52 Å². The molecule has 16 heavy (non-hydrogen) atoms. The van der Waals surface area contributed by atoms with Crippen LogP contribution in [0.5, 0.6) is 0 Å². The predicted molar refractivity (Wildman–Crippen MR) is 65.1 cm³/mol. The lowest BCUT2D eigenvalue weighted by molar-refractivity contribution is 1.04. The summed E-state index contributed by atoms with van der Waals surface area (Å²) in [6, 6.07) is 13.4. The minimum Gasteiger partial charge on any atom is -0.699 e.